The lowest BCUT2D eigenvalue weighted by Crippen LogP contribution is -2.19. The van der Waals surface area contributed by atoms with Crippen LogP contribution in [0, 0.1) is 0 Å². The Bertz CT molecular complexity index is 1180. The number of thiazole rings is 1. The fourth-order valence-corrected chi connectivity index (χ4v) is 4.41. The van der Waals surface area contributed by atoms with Gasteiger partial charge in [-0.05, 0) is 36.4 Å². The van der Waals surface area contributed by atoms with Gasteiger partial charge in [0.2, 0.25) is 17.7 Å². The van der Waals surface area contributed by atoms with E-state index in [-0.39, 0.29) is 35.5 Å². The number of nitrogens with two attached hydrogens (primary N) is 1. The second kappa shape index (κ2) is 11.2. The van der Waals surface area contributed by atoms with E-state index in [1.54, 1.807) is 47.8 Å². The molecule has 0 fully saturated rings. The van der Waals surface area contributed by atoms with E-state index in [4.69, 9.17) is 5.73 Å². The topological polar surface area (TPSA) is 143 Å². The highest BCUT2D eigenvalue weighted by Crippen LogP contribution is 2.24. The van der Waals surface area contributed by atoms with Crippen molar-refractivity contribution in [2.45, 2.75) is 17.7 Å². The van der Waals surface area contributed by atoms with Gasteiger partial charge < -0.3 is 21.7 Å². The molecule has 0 saturated heterocycles. The number of amides is 4. The van der Waals surface area contributed by atoms with Crippen molar-refractivity contribution in [2.75, 3.05) is 21.7 Å². The standard InChI is InChI=1S/C22H21N5O4S2/c1-13(28)24-14-6-8-15(9-7-14)25-20(30)12-33-22-26-16(11-32-22)10-19(29)27-18-5-3-2-4-17(18)21(23)31/h2-9,11H,10,12H2,1H3,(H2,23,31)(H,24,28)(H,25,30)(H,27,29). The van der Waals surface area contributed by atoms with Crippen molar-refractivity contribution < 1.29 is 19.2 Å². The van der Waals surface area contributed by atoms with Gasteiger partial charge in [0.25, 0.3) is 5.91 Å². The van der Waals surface area contributed by atoms with E-state index >= 15 is 0 Å². The van der Waals surface area contributed by atoms with Crippen LogP contribution in [0.1, 0.15) is 23.0 Å². The first-order chi connectivity index (χ1) is 15.8. The van der Waals surface area contributed by atoms with Crippen LogP contribution in [0.3, 0.4) is 0 Å². The van der Waals surface area contributed by atoms with E-state index in [0.717, 1.165) is 0 Å². The van der Waals surface area contributed by atoms with Crippen LogP contribution in [0.5, 0.6) is 0 Å². The summed E-state index contributed by atoms with van der Waals surface area (Å²) in [6.07, 6.45) is 0.0248. The van der Waals surface area contributed by atoms with Crippen LogP contribution in [0.25, 0.3) is 0 Å². The fraction of sp³-hybridized carbons (Fsp3) is 0.136. The molecule has 0 unspecified atom stereocenters. The Labute approximate surface area is 198 Å². The van der Waals surface area contributed by atoms with Crippen molar-refractivity contribution in [1.29, 1.82) is 0 Å². The number of aromatic nitrogens is 1. The molecule has 1 heterocycles. The Morgan fingerprint density at radius 2 is 1.61 bits per heavy atom. The van der Waals surface area contributed by atoms with Crippen molar-refractivity contribution in [3.05, 3.63) is 65.2 Å². The molecular weight excluding hydrogens is 462 g/mol. The molecule has 0 spiro atoms. The average molecular weight is 484 g/mol. The second-order valence-corrected chi connectivity index (χ2v) is 8.92. The molecule has 9 nitrogen and oxygen atoms in total. The molecule has 11 heteroatoms. The molecule has 0 aliphatic rings. The lowest BCUT2D eigenvalue weighted by atomic mass is 10.1. The number of para-hydroxylation sites is 1. The first-order valence-electron chi connectivity index (χ1n) is 9.73. The summed E-state index contributed by atoms with van der Waals surface area (Å²) in [5, 5.41) is 9.86. The van der Waals surface area contributed by atoms with Crippen LogP contribution < -0.4 is 21.7 Å². The van der Waals surface area contributed by atoms with Crippen LogP contribution in [0.2, 0.25) is 0 Å². The monoisotopic (exact) mass is 483 g/mol. The maximum Gasteiger partial charge on any atom is 0.250 e. The van der Waals surface area contributed by atoms with Gasteiger partial charge in [0.15, 0.2) is 4.34 Å². The fourth-order valence-electron chi connectivity index (χ4n) is 2.77. The van der Waals surface area contributed by atoms with Crippen LogP contribution in [0.15, 0.2) is 58.3 Å². The van der Waals surface area contributed by atoms with Crippen molar-refractivity contribution in [3.8, 4) is 0 Å². The van der Waals surface area contributed by atoms with E-state index < -0.39 is 5.91 Å². The second-order valence-electron chi connectivity index (χ2n) is 6.83. The molecular formula is C22H21N5O4S2. The molecule has 3 aromatic rings. The number of nitrogens with zero attached hydrogens (tertiary/aromatic N) is 1. The van der Waals surface area contributed by atoms with Crippen LogP contribution in [-0.2, 0) is 20.8 Å². The average Bonchev–Trinajstić information content (AvgIpc) is 3.20. The molecule has 1 aromatic heterocycles. The molecule has 33 heavy (non-hydrogen) atoms. The summed E-state index contributed by atoms with van der Waals surface area (Å²) < 4.78 is 0.659. The van der Waals surface area contributed by atoms with E-state index in [9.17, 15) is 19.2 Å². The Balaban J connectivity index is 1.47. The minimum absolute atomic E-state index is 0.0248. The van der Waals surface area contributed by atoms with Gasteiger partial charge in [-0.3, -0.25) is 19.2 Å². The van der Waals surface area contributed by atoms with E-state index in [1.165, 1.54) is 36.1 Å². The predicted octanol–water partition coefficient (Wildman–Crippen LogP) is 3.11. The number of primary amides is 1. The van der Waals surface area contributed by atoms with Crippen molar-refractivity contribution in [3.63, 3.8) is 0 Å². The van der Waals surface area contributed by atoms with Gasteiger partial charge in [-0.2, -0.15) is 0 Å². The zero-order valence-corrected chi connectivity index (χ0v) is 19.2. The summed E-state index contributed by atoms with van der Waals surface area (Å²) in [6.45, 7) is 1.42. The number of hydrogen-bond donors (Lipinski definition) is 4. The quantitative estimate of drug-likeness (QED) is 0.344. The molecule has 3 rings (SSSR count). The number of carbonyl (C=O) groups excluding carboxylic acids is 4. The summed E-state index contributed by atoms with van der Waals surface area (Å²) in [4.78, 5) is 51.4. The van der Waals surface area contributed by atoms with Gasteiger partial charge in [-0.15, -0.1) is 11.3 Å². The predicted molar refractivity (Wildman–Crippen MR) is 130 cm³/mol. The third-order valence-electron chi connectivity index (χ3n) is 4.15. The largest absolute Gasteiger partial charge is 0.366 e. The van der Waals surface area contributed by atoms with Gasteiger partial charge in [0.1, 0.15) is 0 Å². The molecule has 0 saturated carbocycles. The first-order valence-corrected chi connectivity index (χ1v) is 11.6. The minimum atomic E-state index is -0.625. The van der Waals surface area contributed by atoms with Crippen LogP contribution >= 0.6 is 23.1 Å². The molecule has 170 valence electrons. The Hall–Kier alpha value is -3.70. The van der Waals surface area contributed by atoms with Crippen molar-refractivity contribution in [2.24, 2.45) is 5.73 Å². The molecule has 4 amide bonds. The number of nitrogens with one attached hydrogen (secondary N) is 3. The van der Waals surface area contributed by atoms with Gasteiger partial charge >= 0.3 is 0 Å². The van der Waals surface area contributed by atoms with Gasteiger partial charge in [-0.25, -0.2) is 4.98 Å². The molecule has 0 radical (unpaired) electrons. The Kier molecular flexibility index (Phi) is 8.17. The lowest BCUT2D eigenvalue weighted by Gasteiger charge is -2.07. The zero-order chi connectivity index (χ0) is 23.8. The van der Waals surface area contributed by atoms with Gasteiger partial charge in [0.05, 0.1) is 29.1 Å². The minimum Gasteiger partial charge on any atom is -0.366 e. The lowest BCUT2D eigenvalue weighted by molar-refractivity contribution is -0.116. The molecule has 2 aromatic carbocycles. The highest BCUT2D eigenvalue weighted by atomic mass is 32.2. The Morgan fingerprint density at radius 1 is 0.939 bits per heavy atom. The van der Waals surface area contributed by atoms with E-state index in [2.05, 4.69) is 20.9 Å². The zero-order valence-electron chi connectivity index (χ0n) is 17.6. The van der Waals surface area contributed by atoms with Gasteiger partial charge in [0, 0.05) is 23.7 Å². The molecule has 0 atom stereocenters. The van der Waals surface area contributed by atoms with Crippen LogP contribution in [0.4, 0.5) is 17.1 Å². The SMILES string of the molecule is CC(=O)Nc1ccc(NC(=O)CSc2nc(CC(=O)Nc3ccccc3C(N)=O)cs2)cc1. The van der Waals surface area contributed by atoms with Crippen LogP contribution in [-0.4, -0.2) is 34.4 Å². The number of hydrogen-bond acceptors (Lipinski definition) is 7. The smallest absolute Gasteiger partial charge is 0.250 e. The number of rotatable bonds is 9. The highest BCUT2D eigenvalue weighted by molar-refractivity contribution is 8.01. The maximum atomic E-state index is 12.3. The number of benzene rings is 2. The maximum absolute atomic E-state index is 12.3. The van der Waals surface area contributed by atoms with E-state index in [0.29, 0.717) is 27.1 Å². The summed E-state index contributed by atoms with van der Waals surface area (Å²) >= 11 is 2.60. The number of thioether (sulfide) groups is 1. The first kappa shape index (κ1) is 24.0. The third kappa shape index (κ3) is 7.44. The summed E-state index contributed by atoms with van der Waals surface area (Å²) in [6, 6.07) is 13.3. The van der Waals surface area contributed by atoms with E-state index in [1.807, 2.05) is 0 Å². The van der Waals surface area contributed by atoms with Crippen molar-refractivity contribution >= 4 is 63.8 Å². The molecule has 5 N–H and O–H groups in total. The van der Waals surface area contributed by atoms with Gasteiger partial charge in [-0.1, -0.05) is 23.9 Å². The molecule has 0 bridgehead atoms. The summed E-state index contributed by atoms with van der Waals surface area (Å²) in [5.41, 5.74) is 7.73. The molecule has 0 aliphatic carbocycles. The number of carbonyl (C=O) groups is 4. The highest BCUT2D eigenvalue weighted by Gasteiger charge is 2.13. The van der Waals surface area contributed by atoms with Crippen molar-refractivity contribution in [1.82, 2.24) is 4.98 Å². The summed E-state index contributed by atoms with van der Waals surface area (Å²) in [5.74, 6) is -1.17. The number of anilines is 3. The summed E-state index contributed by atoms with van der Waals surface area (Å²) in [7, 11) is 0. The Morgan fingerprint density at radius 3 is 2.27 bits per heavy atom. The molecule has 0 aliphatic heterocycles. The third-order valence-corrected chi connectivity index (χ3v) is 6.22. The normalized spacial score (nSPS) is 10.3.